The zero-order chi connectivity index (χ0) is 22.6. The summed E-state index contributed by atoms with van der Waals surface area (Å²) < 4.78 is 5.75. The van der Waals surface area contributed by atoms with Crippen molar-refractivity contribution in [1.82, 2.24) is 15.1 Å². The summed E-state index contributed by atoms with van der Waals surface area (Å²) in [6.45, 7) is 9.72. The van der Waals surface area contributed by atoms with E-state index in [0.717, 1.165) is 17.7 Å². The highest BCUT2D eigenvalue weighted by atomic mass is 16.5. The first kappa shape index (κ1) is 23.1. The van der Waals surface area contributed by atoms with Gasteiger partial charge >= 0.3 is 0 Å². The molecule has 0 spiro atoms. The summed E-state index contributed by atoms with van der Waals surface area (Å²) >= 11 is 0. The Morgan fingerprint density at radius 3 is 2.45 bits per heavy atom. The molecule has 170 valence electrons. The number of hydrogen-bond donors (Lipinski definition) is 1. The van der Waals surface area contributed by atoms with Crippen LogP contribution in [0.1, 0.15) is 52.5 Å². The Balaban J connectivity index is 1.43. The van der Waals surface area contributed by atoms with Gasteiger partial charge in [0, 0.05) is 37.6 Å². The summed E-state index contributed by atoms with van der Waals surface area (Å²) in [5.41, 5.74) is 0.824. The number of piperidine rings is 1. The average Bonchev–Trinajstić information content (AvgIpc) is 3.15. The number of hydrogen-bond acceptors (Lipinski definition) is 4. The van der Waals surface area contributed by atoms with Crippen molar-refractivity contribution >= 4 is 17.7 Å². The number of benzene rings is 1. The van der Waals surface area contributed by atoms with Gasteiger partial charge in [-0.2, -0.15) is 0 Å². The van der Waals surface area contributed by atoms with E-state index in [1.165, 1.54) is 0 Å². The van der Waals surface area contributed by atoms with E-state index in [0.29, 0.717) is 32.5 Å². The lowest BCUT2D eigenvalue weighted by molar-refractivity contribution is -0.135. The van der Waals surface area contributed by atoms with E-state index in [2.05, 4.69) is 12.2 Å². The number of nitrogens with zero attached hydrogens (tertiary/aromatic N) is 2. The number of carbonyl (C=O) groups is 3. The maximum atomic E-state index is 12.7. The van der Waals surface area contributed by atoms with Crippen LogP contribution in [0.3, 0.4) is 0 Å². The fourth-order valence-corrected chi connectivity index (χ4v) is 4.29. The van der Waals surface area contributed by atoms with Crippen LogP contribution < -0.4 is 10.1 Å². The zero-order valence-corrected chi connectivity index (χ0v) is 19.1. The quantitative estimate of drug-likeness (QED) is 0.753. The Bertz CT molecular complexity index is 809. The van der Waals surface area contributed by atoms with Crippen LogP contribution in [0.2, 0.25) is 0 Å². The summed E-state index contributed by atoms with van der Waals surface area (Å²) in [5, 5.41) is 3.10. The van der Waals surface area contributed by atoms with Gasteiger partial charge in [-0.1, -0.05) is 25.1 Å². The molecular weight excluding hydrogens is 394 g/mol. The third-order valence-electron chi connectivity index (χ3n) is 6.20. The van der Waals surface area contributed by atoms with E-state index in [4.69, 9.17) is 4.74 Å². The normalized spacial score (nSPS) is 20.1. The van der Waals surface area contributed by atoms with Crippen LogP contribution in [0.25, 0.3) is 0 Å². The van der Waals surface area contributed by atoms with Gasteiger partial charge in [0.2, 0.25) is 11.8 Å². The van der Waals surface area contributed by atoms with E-state index in [9.17, 15) is 14.4 Å². The molecule has 2 aliphatic rings. The largest absolute Gasteiger partial charge is 0.483 e. The predicted octanol–water partition coefficient (Wildman–Crippen LogP) is 2.38. The number of likely N-dealkylation sites (tertiary alicyclic amines) is 2. The van der Waals surface area contributed by atoms with Crippen molar-refractivity contribution in [2.75, 3.05) is 26.2 Å². The van der Waals surface area contributed by atoms with Gasteiger partial charge in [-0.05, 0) is 51.7 Å². The minimum absolute atomic E-state index is 0.0286. The molecule has 7 nitrogen and oxygen atoms in total. The number of amides is 3. The van der Waals surface area contributed by atoms with Crippen molar-refractivity contribution in [3.63, 3.8) is 0 Å². The molecule has 1 unspecified atom stereocenters. The fraction of sp³-hybridized carbons (Fsp3) is 0.625. The monoisotopic (exact) mass is 429 g/mol. The van der Waals surface area contributed by atoms with Crippen LogP contribution in [0, 0.1) is 5.92 Å². The maximum absolute atomic E-state index is 12.7. The van der Waals surface area contributed by atoms with Gasteiger partial charge in [-0.15, -0.1) is 0 Å². The number of aryl methyl sites for hydroxylation is 1. The number of rotatable bonds is 6. The molecule has 0 aliphatic carbocycles. The molecule has 0 radical (unpaired) electrons. The SMILES string of the molecule is CCc1ccccc1OCC(=O)N1CCC(NC(=O)C2CC(=O)N(C(C)(C)C)C2)CC1. The topological polar surface area (TPSA) is 79.0 Å². The highest BCUT2D eigenvalue weighted by Gasteiger charge is 2.40. The van der Waals surface area contributed by atoms with Crippen LogP contribution in [0.15, 0.2) is 24.3 Å². The molecule has 1 aromatic carbocycles. The van der Waals surface area contributed by atoms with Gasteiger partial charge in [-0.25, -0.2) is 0 Å². The van der Waals surface area contributed by atoms with E-state index < -0.39 is 0 Å². The van der Waals surface area contributed by atoms with Gasteiger partial charge < -0.3 is 19.9 Å². The van der Waals surface area contributed by atoms with Gasteiger partial charge in [0.25, 0.3) is 5.91 Å². The average molecular weight is 430 g/mol. The van der Waals surface area contributed by atoms with Crippen LogP contribution in [0.5, 0.6) is 5.75 Å². The van der Waals surface area contributed by atoms with Crippen LogP contribution in [-0.2, 0) is 20.8 Å². The van der Waals surface area contributed by atoms with Gasteiger partial charge in [-0.3, -0.25) is 14.4 Å². The summed E-state index contributed by atoms with van der Waals surface area (Å²) in [5.74, 6) is 0.425. The molecule has 2 fully saturated rings. The second kappa shape index (κ2) is 9.71. The smallest absolute Gasteiger partial charge is 0.260 e. The molecule has 0 bridgehead atoms. The summed E-state index contributed by atoms with van der Waals surface area (Å²) in [4.78, 5) is 41.1. The summed E-state index contributed by atoms with van der Waals surface area (Å²) in [6, 6.07) is 7.81. The highest BCUT2D eigenvalue weighted by Crippen LogP contribution is 2.26. The molecule has 0 saturated carbocycles. The fourth-order valence-electron chi connectivity index (χ4n) is 4.29. The first-order chi connectivity index (χ1) is 14.7. The van der Waals surface area contributed by atoms with Crippen molar-refractivity contribution in [3.05, 3.63) is 29.8 Å². The minimum atomic E-state index is -0.293. The molecule has 1 N–H and O–H groups in total. The number of para-hydroxylation sites is 1. The van der Waals surface area contributed by atoms with E-state index in [1.807, 2.05) is 45.0 Å². The second-order valence-electron chi connectivity index (χ2n) is 9.49. The second-order valence-corrected chi connectivity index (χ2v) is 9.49. The standard InChI is InChI=1S/C24H35N3O4/c1-5-17-8-6-7-9-20(17)31-16-22(29)26-12-10-19(11-13-26)25-23(30)18-14-21(28)27(15-18)24(2,3)4/h6-9,18-19H,5,10-16H2,1-4H3,(H,25,30). The van der Waals surface area contributed by atoms with Crippen molar-refractivity contribution in [1.29, 1.82) is 0 Å². The third kappa shape index (κ3) is 5.77. The number of carbonyl (C=O) groups excluding carboxylic acids is 3. The van der Waals surface area contributed by atoms with Gasteiger partial charge in [0.1, 0.15) is 5.75 Å². The molecule has 3 amide bonds. The van der Waals surface area contributed by atoms with Crippen molar-refractivity contribution in [2.24, 2.45) is 5.92 Å². The first-order valence-corrected chi connectivity index (χ1v) is 11.3. The Hall–Kier alpha value is -2.57. The van der Waals surface area contributed by atoms with Crippen molar-refractivity contribution in [3.8, 4) is 5.75 Å². The van der Waals surface area contributed by atoms with Crippen LogP contribution >= 0.6 is 0 Å². The summed E-state index contributed by atoms with van der Waals surface area (Å²) in [7, 11) is 0. The zero-order valence-electron chi connectivity index (χ0n) is 19.1. The Labute approximate surface area is 185 Å². The highest BCUT2D eigenvalue weighted by molar-refractivity contribution is 5.89. The Morgan fingerprint density at radius 2 is 1.84 bits per heavy atom. The molecule has 2 aliphatic heterocycles. The predicted molar refractivity (Wildman–Crippen MR) is 119 cm³/mol. The van der Waals surface area contributed by atoms with Crippen molar-refractivity contribution < 1.29 is 19.1 Å². The van der Waals surface area contributed by atoms with Crippen LogP contribution in [0.4, 0.5) is 0 Å². The Morgan fingerprint density at radius 1 is 1.16 bits per heavy atom. The van der Waals surface area contributed by atoms with Crippen molar-refractivity contribution in [2.45, 2.75) is 65.0 Å². The third-order valence-corrected chi connectivity index (χ3v) is 6.20. The first-order valence-electron chi connectivity index (χ1n) is 11.3. The Kier molecular flexibility index (Phi) is 7.23. The van der Waals surface area contributed by atoms with Gasteiger partial charge in [0.05, 0.1) is 5.92 Å². The van der Waals surface area contributed by atoms with E-state index >= 15 is 0 Å². The van der Waals surface area contributed by atoms with E-state index in [1.54, 1.807) is 9.80 Å². The number of nitrogens with one attached hydrogen (secondary N) is 1. The molecule has 0 aromatic heterocycles. The maximum Gasteiger partial charge on any atom is 0.260 e. The molecule has 2 heterocycles. The minimum Gasteiger partial charge on any atom is -0.483 e. The lowest BCUT2D eigenvalue weighted by atomic mass is 10.0. The summed E-state index contributed by atoms with van der Waals surface area (Å²) in [6.07, 6.45) is 2.56. The molecule has 3 rings (SSSR count). The molecule has 1 atom stereocenters. The number of ether oxygens (including phenoxy) is 1. The van der Waals surface area contributed by atoms with E-state index in [-0.39, 0.29) is 48.2 Å². The molecule has 1 aromatic rings. The van der Waals surface area contributed by atoms with Gasteiger partial charge in [0.15, 0.2) is 6.61 Å². The molecule has 7 heteroatoms. The van der Waals surface area contributed by atoms with Crippen LogP contribution in [-0.4, -0.2) is 65.3 Å². The molecule has 31 heavy (non-hydrogen) atoms. The lowest BCUT2D eigenvalue weighted by Gasteiger charge is -2.33. The molecular formula is C24H35N3O4. The molecule has 2 saturated heterocycles. The lowest BCUT2D eigenvalue weighted by Crippen LogP contribution is -2.49.